The number of hydrogen-bond acceptors (Lipinski definition) is 5. The Morgan fingerprint density at radius 3 is 2.91 bits per heavy atom. The van der Waals surface area contributed by atoms with E-state index in [1.165, 1.54) is 0 Å². The summed E-state index contributed by atoms with van der Waals surface area (Å²) in [5.41, 5.74) is 0.673. The van der Waals surface area contributed by atoms with E-state index in [0.717, 1.165) is 19.5 Å². The molecular formula is C15H17Cl2N3O2. The summed E-state index contributed by atoms with van der Waals surface area (Å²) in [5.74, 6) is 1.27. The maximum atomic E-state index is 9.24. The van der Waals surface area contributed by atoms with Crippen LogP contribution in [0.5, 0.6) is 0 Å². The highest BCUT2D eigenvalue weighted by atomic mass is 35.5. The molecule has 22 heavy (non-hydrogen) atoms. The molecule has 0 aliphatic carbocycles. The van der Waals surface area contributed by atoms with Gasteiger partial charge in [0.25, 0.3) is 0 Å². The van der Waals surface area contributed by atoms with Crippen molar-refractivity contribution in [2.24, 2.45) is 5.92 Å². The molecule has 1 N–H and O–H groups in total. The van der Waals surface area contributed by atoms with E-state index in [1.54, 1.807) is 18.2 Å². The molecule has 7 heteroatoms. The Labute approximate surface area is 138 Å². The Balaban J connectivity index is 1.78. The third kappa shape index (κ3) is 3.13. The van der Waals surface area contributed by atoms with Crippen molar-refractivity contribution >= 4 is 23.2 Å². The molecule has 0 radical (unpaired) electrons. The number of likely N-dealkylation sites (tertiary alicyclic amines) is 1. The second-order valence-electron chi connectivity index (χ2n) is 5.58. The molecule has 1 aromatic heterocycles. The van der Waals surface area contributed by atoms with Gasteiger partial charge in [0, 0.05) is 18.2 Å². The Morgan fingerprint density at radius 1 is 1.41 bits per heavy atom. The summed E-state index contributed by atoms with van der Waals surface area (Å²) in [6, 6.07) is 5.17. The summed E-state index contributed by atoms with van der Waals surface area (Å²) < 4.78 is 5.78. The fraction of sp³-hybridized carbons (Fsp3) is 0.467. The van der Waals surface area contributed by atoms with Gasteiger partial charge in [0.1, 0.15) is 0 Å². The summed E-state index contributed by atoms with van der Waals surface area (Å²) in [4.78, 5) is 2.24. The first kappa shape index (κ1) is 15.7. The number of aromatic nitrogens is 2. The van der Waals surface area contributed by atoms with Crippen LogP contribution >= 0.6 is 23.2 Å². The number of rotatable bonds is 4. The lowest BCUT2D eigenvalue weighted by Crippen LogP contribution is -2.25. The summed E-state index contributed by atoms with van der Waals surface area (Å²) >= 11 is 12.1. The second-order valence-corrected chi connectivity index (χ2v) is 6.42. The van der Waals surface area contributed by atoms with Crippen LogP contribution in [0.15, 0.2) is 22.6 Å². The molecule has 0 bridgehead atoms. The van der Waals surface area contributed by atoms with E-state index >= 15 is 0 Å². The topological polar surface area (TPSA) is 62.4 Å². The van der Waals surface area contributed by atoms with E-state index in [9.17, 15) is 5.11 Å². The van der Waals surface area contributed by atoms with Gasteiger partial charge in [-0.3, -0.25) is 4.90 Å². The average molecular weight is 342 g/mol. The molecular weight excluding hydrogens is 325 g/mol. The fourth-order valence-electron chi connectivity index (χ4n) is 2.69. The average Bonchev–Trinajstić information content (AvgIpc) is 3.16. The van der Waals surface area contributed by atoms with Gasteiger partial charge in [-0.1, -0.05) is 23.2 Å². The van der Waals surface area contributed by atoms with Gasteiger partial charge in [0.15, 0.2) is 0 Å². The van der Waals surface area contributed by atoms with E-state index in [1.807, 2.05) is 6.92 Å². The molecule has 2 aromatic rings. The normalized spacial score (nSPS) is 20.5. The highest BCUT2D eigenvalue weighted by Gasteiger charge is 2.29. The van der Waals surface area contributed by atoms with Crippen LogP contribution in [0.2, 0.25) is 10.0 Å². The van der Waals surface area contributed by atoms with Crippen LogP contribution in [-0.4, -0.2) is 39.9 Å². The van der Waals surface area contributed by atoms with E-state index in [4.69, 9.17) is 27.6 Å². The lowest BCUT2D eigenvalue weighted by atomic mass is 10.1. The van der Waals surface area contributed by atoms with Crippen LogP contribution in [0.3, 0.4) is 0 Å². The molecule has 1 aromatic carbocycles. The number of aliphatic hydroxyl groups excluding tert-OH is 1. The van der Waals surface area contributed by atoms with E-state index in [2.05, 4.69) is 15.1 Å². The second kappa shape index (κ2) is 6.54. The maximum Gasteiger partial charge on any atom is 0.249 e. The van der Waals surface area contributed by atoms with Crippen molar-refractivity contribution in [3.8, 4) is 11.5 Å². The number of hydrogen-bond donors (Lipinski definition) is 1. The molecule has 0 amide bonds. The van der Waals surface area contributed by atoms with Gasteiger partial charge in [-0.15, -0.1) is 10.2 Å². The maximum absolute atomic E-state index is 9.24. The van der Waals surface area contributed by atoms with Crippen molar-refractivity contribution in [1.82, 2.24) is 15.1 Å². The van der Waals surface area contributed by atoms with Gasteiger partial charge in [0.2, 0.25) is 11.8 Å². The smallest absolute Gasteiger partial charge is 0.249 e. The Bertz CT molecular complexity index is 662. The van der Waals surface area contributed by atoms with Crippen LogP contribution < -0.4 is 0 Å². The van der Waals surface area contributed by atoms with E-state index in [0.29, 0.717) is 33.3 Å². The Morgan fingerprint density at radius 2 is 2.23 bits per heavy atom. The summed E-state index contributed by atoms with van der Waals surface area (Å²) in [7, 11) is 0. The van der Waals surface area contributed by atoms with Crippen LogP contribution in [0.25, 0.3) is 11.5 Å². The lowest BCUT2D eigenvalue weighted by Gasteiger charge is -2.20. The minimum atomic E-state index is 0.0175. The molecule has 3 rings (SSSR count). The third-order valence-corrected chi connectivity index (χ3v) is 4.63. The molecule has 0 saturated carbocycles. The number of halogens is 2. The molecule has 0 unspecified atom stereocenters. The minimum absolute atomic E-state index is 0.0175. The first-order valence-corrected chi connectivity index (χ1v) is 7.98. The standard InChI is InChI=1S/C15H17Cl2N3O2/c1-9(20-5-4-10(7-20)8-21)14-18-19-15(22-14)12-3-2-11(16)6-13(12)17/h2-3,6,9-10,21H,4-5,7-8H2,1H3/t9-,10+/m1/s1. The van der Waals surface area contributed by atoms with Gasteiger partial charge >= 0.3 is 0 Å². The number of benzene rings is 1. The molecule has 1 fully saturated rings. The van der Waals surface area contributed by atoms with Gasteiger partial charge in [0.05, 0.1) is 16.6 Å². The van der Waals surface area contributed by atoms with Crippen LogP contribution in [0.4, 0.5) is 0 Å². The Hall–Kier alpha value is -1.14. The summed E-state index contributed by atoms with van der Waals surface area (Å²) in [6.45, 7) is 4.02. The monoisotopic (exact) mass is 341 g/mol. The predicted octanol–water partition coefficient (Wildman–Crippen LogP) is 3.42. The molecule has 2 heterocycles. The van der Waals surface area contributed by atoms with Crippen LogP contribution in [0, 0.1) is 5.92 Å². The molecule has 118 valence electrons. The molecule has 1 aliphatic rings. The molecule has 1 aliphatic heterocycles. The van der Waals surface area contributed by atoms with Crippen molar-refractivity contribution < 1.29 is 9.52 Å². The Kier molecular flexibility index (Phi) is 4.68. The van der Waals surface area contributed by atoms with E-state index < -0.39 is 0 Å². The van der Waals surface area contributed by atoms with Crippen molar-refractivity contribution in [2.75, 3.05) is 19.7 Å². The number of nitrogens with zero attached hydrogens (tertiary/aromatic N) is 3. The summed E-state index contributed by atoms with van der Waals surface area (Å²) in [5, 5.41) is 18.5. The zero-order chi connectivity index (χ0) is 15.7. The summed E-state index contributed by atoms with van der Waals surface area (Å²) in [6.07, 6.45) is 0.991. The molecule has 0 spiro atoms. The highest BCUT2D eigenvalue weighted by molar-refractivity contribution is 6.36. The predicted molar refractivity (Wildman–Crippen MR) is 84.9 cm³/mol. The van der Waals surface area contributed by atoms with Gasteiger partial charge in [-0.25, -0.2) is 0 Å². The minimum Gasteiger partial charge on any atom is -0.419 e. The van der Waals surface area contributed by atoms with Crippen molar-refractivity contribution in [2.45, 2.75) is 19.4 Å². The lowest BCUT2D eigenvalue weighted by molar-refractivity contribution is 0.190. The SMILES string of the molecule is C[C@H](c1nnc(-c2ccc(Cl)cc2Cl)o1)N1CC[C@H](CO)C1. The van der Waals surface area contributed by atoms with Crippen LogP contribution in [0.1, 0.15) is 25.3 Å². The first-order valence-electron chi connectivity index (χ1n) is 7.22. The highest BCUT2D eigenvalue weighted by Crippen LogP contribution is 2.32. The molecule has 5 nitrogen and oxygen atoms in total. The number of aliphatic hydroxyl groups is 1. The van der Waals surface area contributed by atoms with Crippen molar-refractivity contribution in [3.63, 3.8) is 0 Å². The third-order valence-electron chi connectivity index (χ3n) is 4.08. The van der Waals surface area contributed by atoms with Crippen molar-refractivity contribution in [3.05, 3.63) is 34.1 Å². The first-order chi connectivity index (χ1) is 10.6. The van der Waals surface area contributed by atoms with E-state index in [-0.39, 0.29) is 12.6 Å². The quantitative estimate of drug-likeness (QED) is 0.922. The van der Waals surface area contributed by atoms with Crippen LogP contribution in [-0.2, 0) is 0 Å². The fourth-order valence-corrected chi connectivity index (χ4v) is 3.18. The zero-order valence-corrected chi connectivity index (χ0v) is 13.7. The molecule has 2 atom stereocenters. The van der Waals surface area contributed by atoms with Crippen molar-refractivity contribution in [1.29, 1.82) is 0 Å². The molecule has 1 saturated heterocycles. The van der Waals surface area contributed by atoms with Gasteiger partial charge in [-0.2, -0.15) is 0 Å². The largest absolute Gasteiger partial charge is 0.419 e. The van der Waals surface area contributed by atoms with Gasteiger partial charge in [-0.05, 0) is 44.0 Å². The zero-order valence-electron chi connectivity index (χ0n) is 12.2. The van der Waals surface area contributed by atoms with Gasteiger partial charge < -0.3 is 9.52 Å².